The van der Waals surface area contributed by atoms with E-state index in [1.807, 2.05) is 53.2 Å². The summed E-state index contributed by atoms with van der Waals surface area (Å²) in [4.78, 5) is 7.41. The van der Waals surface area contributed by atoms with Crippen molar-refractivity contribution in [1.82, 2.24) is 34.6 Å². The Bertz CT molecular complexity index is 895. The number of anilines is 1. The van der Waals surface area contributed by atoms with Gasteiger partial charge in [0, 0.05) is 56.1 Å². The van der Waals surface area contributed by atoms with E-state index >= 15 is 0 Å². The number of nitrogen functional groups attached to an aromatic ring is 1. The van der Waals surface area contributed by atoms with Crippen LogP contribution in [0.15, 0.2) is 24.7 Å². The Kier molecular flexibility index (Phi) is 8.16. The molecule has 8 nitrogen and oxygen atoms in total. The van der Waals surface area contributed by atoms with E-state index in [9.17, 15) is 0 Å². The number of hydrogen-bond donors (Lipinski definition) is 2. The van der Waals surface area contributed by atoms with E-state index in [1.165, 1.54) is 0 Å². The zero-order valence-electron chi connectivity index (χ0n) is 18.8. The van der Waals surface area contributed by atoms with Crippen LogP contribution in [0, 0.1) is 0 Å². The fraction of sp³-hybridized carbons (Fsp3) is 0.571. The number of piperazine rings is 1. The van der Waals surface area contributed by atoms with E-state index in [4.69, 9.17) is 10.7 Å². The van der Waals surface area contributed by atoms with Crippen molar-refractivity contribution in [2.75, 3.05) is 25.4 Å². The van der Waals surface area contributed by atoms with Crippen molar-refractivity contribution in [3.8, 4) is 11.1 Å². The first-order valence-electron chi connectivity index (χ1n) is 10.6. The van der Waals surface area contributed by atoms with Gasteiger partial charge in [-0.05, 0) is 13.8 Å². The van der Waals surface area contributed by atoms with Gasteiger partial charge in [0.1, 0.15) is 5.82 Å². The first kappa shape index (κ1) is 22.8. The molecule has 0 spiro atoms. The molecule has 160 valence electrons. The average Bonchev–Trinajstić information content (AvgIpc) is 3.37. The van der Waals surface area contributed by atoms with Crippen LogP contribution in [0.25, 0.3) is 16.8 Å². The maximum absolute atomic E-state index is 6.28. The largest absolute Gasteiger partial charge is 0.384 e. The fourth-order valence-corrected chi connectivity index (χ4v) is 3.55. The second-order valence-electron chi connectivity index (χ2n) is 6.85. The molecular formula is C21H36N8. The Labute approximate surface area is 174 Å². The minimum atomic E-state index is 0.206. The standard InChI is InChI=1S/C17H24N8.2C2H6/c1-11(2)24-5-4-19-9-15(24)14-6-16(18)25-17(22-14)13(8-21-25)12-7-20-23(3)10-12;2*1-2/h6-8,10-11,15,19H,4-5,9,18H2,1-3H3;2*1-2H3. The summed E-state index contributed by atoms with van der Waals surface area (Å²) in [6.45, 7) is 15.3. The van der Waals surface area contributed by atoms with Gasteiger partial charge in [-0.25, -0.2) is 4.98 Å². The van der Waals surface area contributed by atoms with Crippen molar-refractivity contribution in [3.63, 3.8) is 0 Å². The molecule has 0 aliphatic carbocycles. The lowest BCUT2D eigenvalue weighted by atomic mass is 10.1. The Morgan fingerprint density at radius 1 is 1.14 bits per heavy atom. The number of nitrogens with one attached hydrogen (secondary N) is 1. The number of hydrogen-bond acceptors (Lipinski definition) is 6. The summed E-state index contributed by atoms with van der Waals surface area (Å²) >= 11 is 0. The molecule has 1 atom stereocenters. The average molecular weight is 401 g/mol. The van der Waals surface area contributed by atoms with E-state index in [-0.39, 0.29) is 6.04 Å². The third-order valence-corrected chi connectivity index (χ3v) is 4.82. The monoisotopic (exact) mass is 400 g/mol. The molecule has 0 amide bonds. The summed E-state index contributed by atoms with van der Waals surface area (Å²) in [6.07, 6.45) is 5.59. The molecule has 8 heteroatoms. The van der Waals surface area contributed by atoms with Crippen LogP contribution >= 0.6 is 0 Å². The second-order valence-corrected chi connectivity index (χ2v) is 6.85. The van der Waals surface area contributed by atoms with Gasteiger partial charge in [-0.2, -0.15) is 14.7 Å². The molecule has 1 unspecified atom stereocenters. The first-order chi connectivity index (χ1) is 14.0. The van der Waals surface area contributed by atoms with Gasteiger partial charge >= 0.3 is 0 Å². The van der Waals surface area contributed by atoms with Crippen LogP contribution in [0.2, 0.25) is 0 Å². The van der Waals surface area contributed by atoms with Gasteiger partial charge in [0.15, 0.2) is 5.65 Å². The van der Waals surface area contributed by atoms with Crippen molar-refractivity contribution in [2.24, 2.45) is 7.05 Å². The molecule has 0 radical (unpaired) electrons. The third kappa shape index (κ3) is 4.76. The van der Waals surface area contributed by atoms with E-state index in [0.717, 1.165) is 42.1 Å². The molecule has 3 aromatic rings. The minimum Gasteiger partial charge on any atom is -0.384 e. The number of rotatable bonds is 3. The number of nitrogens with two attached hydrogens (primary N) is 1. The lowest BCUT2D eigenvalue weighted by molar-refractivity contribution is 0.121. The van der Waals surface area contributed by atoms with Crippen molar-refractivity contribution in [3.05, 3.63) is 30.4 Å². The van der Waals surface area contributed by atoms with Crippen molar-refractivity contribution >= 4 is 11.5 Å². The maximum Gasteiger partial charge on any atom is 0.165 e. The van der Waals surface area contributed by atoms with Gasteiger partial charge in [-0.3, -0.25) is 9.58 Å². The van der Waals surface area contributed by atoms with Crippen LogP contribution in [0.4, 0.5) is 5.82 Å². The minimum absolute atomic E-state index is 0.206. The van der Waals surface area contributed by atoms with Gasteiger partial charge in [0.2, 0.25) is 0 Å². The van der Waals surface area contributed by atoms with Crippen LogP contribution in [0.1, 0.15) is 53.3 Å². The topological polar surface area (TPSA) is 89.3 Å². The molecule has 3 N–H and O–H groups in total. The quantitative estimate of drug-likeness (QED) is 0.702. The van der Waals surface area contributed by atoms with E-state index in [1.54, 1.807) is 15.4 Å². The highest BCUT2D eigenvalue weighted by Crippen LogP contribution is 2.29. The third-order valence-electron chi connectivity index (χ3n) is 4.82. The Hall–Kier alpha value is -2.45. The predicted molar refractivity (Wildman–Crippen MR) is 120 cm³/mol. The summed E-state index contributed by atoms with van der Waals surface area (Å²) in [5, 5.41) is 12.1. The summed E-state index contributed by atoms with van der Waals surface area (Å²) in [7, 11) is 1.90. The molecule has 4 rings (SSSR count). The molecule has 0 bridgehead atoms. The van der Waals surface area contributed by atoms with E-state index < -0.39 is 0 Å². The highest BCUT2D eigenvalue weighted by Gasteiger charge is 2.28. The summed E-state index contributed by atoms with van der Waals surface area (Å²) < 4.78 is 3.47. The SMILES string of the molecule is CC.CC.CC(C)N1CCNCC1c1cc(N)n2ncc(-c3cnn(C)c3)c2n1. The van der Waals surface area contributed by atoms with Crippen molar-refractivity contribution < 1.29 is 0 Å². The summed E-state index contributed by atoms with van der Waals surface area (Å²) in [5.74, 6) is 0.601. The molecule has 1 aliphatic heterocycles. The second kappa shape index (κ2) is 10.4. The maximum atomic E-state index is 6.28. The molecule has 3 aromatic heterocycles. The van der Waals surface area contributed by atoms with Crippen LogP contribution in [-0.2, 0) is 7.05 Å². The van der Waals surface area contributed by atoms with Crippen LogP contribution in [0.5, 0.6) is 0 Å². The highest BCUT2D eigenvalue weighted by atomic mass is 15.3. The van der Waals surface area contributed by atoms with Gasteiger partial charge in [0.25, 0.3) is 0 Å². The summed E-state index contributed by atoms with van der Waals surface area (Å²) in [5.41, 5.74) is 9.98. The van der Waals surface area contributed by atoms with Gasteiger partial charge < -0.3 is 11.1 Å². The lowest BCUT2D eigenvalue weighted by Gasteiger charge is -2.38. The smallest absolute Gasteiger partial charge is 0.165 e. The molecule has 1 saturated heterocycles. The number of aromatic nitrogens is 5. The lowest BCUT2D eigenvalue weighted by Crippen LogP contribution is -2.49. The zero-order chi connectivity index (χ0) is 21.6. The van der Waals surface area contributed by atoms with Gasteiger partial charge in [0.05, 0.1) is 24.1 Å². The van der Waals surface area contributed by atoms with Gasteiger partial charge in [-0.15, -0.1) is 0 Å². The van der Waals surface area contributed by atoms with Crippen molar-refractivity contribution in [2.45, 2.75) is 53.6 Å². The molecule has 4 heterocycles. The normalized spacial score (nSPS) is 16.9. The van der Waals surface area contributed by atoms with Gasteiger partial charge in [-0.1, -0.05) is 27.7 Å². The molecule has 1 fully saturated rings. The number of aryl methyl sites for hydroxylation is 1. The summed E-state index contributed by atoms with van der Waals surface area (Å²) in [6, 6.07) is 2.60. The molecule has 1 aliphatic rings. The van der Waals surface area contributed by atoms with Crippen LogP contribution in [0.3, 0.4) is 0 Å². The Balaban J connectivity index is 0.000000707. The fourth-order valence-electron chi connectivity index (χ4n) is 3.55. The predicted octanol–water partition coefficient (Wildman–Crippen LogP) is 3.12. The Morgan fingerprint density at radius 2 is 1.86 bits per heavy atom. The molecule has 0 aromatic carbocycles. The first-order valence-corrected chi connectivity index (χ1v) is 10.6. The zero-order valence-corrected chi connectivity index (χ0v) is 18.8. The van der Waals surface area contributed by atoms with Crippen molar-refractivity contribution in [1.29, 1.82) is 0 Å². The van der Waals surface area contributed by atoms with Crippen LogP contribution in [-0.4, -0.2) is 55.0 Å². The number of nitrogens with zero attached hydrogens (tertiary/aromatic N) is 6. The Morgan fingerprint density at radius 3 is 2.48 bits per heavy atom. The molecule has 29 heavy (non-hydrogen) atoms. The van der Waals surface area contributed by atoms with E-state index in [2.05, 4.69) is 34.3 Å². The molecule has 0 saturated carbocycles. The van der Waals surface area contributed by atoms with Crippen LogP contribution < -0.4 is 11.1 Å². The highest BCUT2D eigenvalue weighted by molar-refractivity contribution is 5.77. The number of fused-ring (bicyclic) bond motifs is 1. The molecular weight excluding hydrogens is 364 g/mol. The van der Waals surface area contributed by atoms with E-state index in [0.29, 0.717) is 11.9 Å².